The number of para-hydroxylation sites is 1. The summed E-state index contributed by atoms with van der Waals surface area (Å²) in [6.45, 7) is 1.10. The van der Waals surface area contributed by atoms with Crippen LogP contribution >= 0.6 is 11.6 Å². The zero-order valence-corrected chi connectivity index (χ0v) is 13.1. The predicted octanol–water partition coefficient (Wildman–Crippen LogP) is 3.26. The fraction of sp³-hybridized carbons (Fsp3) is 0.176. The molecular formula is C17H15ClN4O. The van der Waals surface area contributed by atoms with E-state index in [1.165, 1.54) is 5.56 Å². The van der Waals surface area contributed by atoms with Crippen molar-refractivity contribution in [2.75, 3.05) is 11.4 Å². The standard InChI is InChI=1S/C17H15ClN4O/c18-13-5-6-16-20-14(11-21(16)10-13)9-19-17(23)22-8-7-12-3-1-2-4-15(12)22/h1-6,10-11H,7-9H2,(H,19,23). The van der Waals surface area contributed by atoms with Crippen LogP contribution in [0.1, 0.15) is 11.3 Å². The number of urea groups is 1. The summed E-state index contributed by atoms with van der Waals surface area (Å²) in [7, 11) is 0. The number of hydrogen-bond acceptors (Lipinski definition) is 2. The second-order valence-corrected chi connectivity index (χ2v) is 5.97. The van der Waals surface area contributed by atoms with E-state index in [1.807, 2.05) is 34.9 Å². The van der Waals surface area contributed by atoms with E-state index < -0.39 is 0 Å². The zero-order chi connectivity index (χ0) is 15.8. The van der Waals surface area contributed by atoms with Gasteiger partial charge in [-0.15, -0.1) is 0 Å². The van der Waals surface area contributed by atoms with Crippen molar-refractivity contribution < 1.29 is 4.79 Å². The Labute approximate surface area is 138 Å². The van der Waals surface area contributed by atoms with Gasteiger partial charge < -0.3 is 9.72 Å². The number of fused-ring (bicyclic) bond motifs is 2. The molecule has 0 bridgehead atoms. The Morgan fingerprint density at radius 3 is 3.00 bits per heavy atom. The lowest BCUT2D eigenvalue weighted by Crippen LogP contribution is -2.38. The summed E-state index contributed by atoms with van der Waals surface area (Å²) >= 11 is 5.96. The van der Waals surface area contributed by atoms with Crippen molar-refractivity contribution in [1.29, 1.82) is 0 Å². The number of anilines is 1. The van der Waals surface area contributed by atoms with Crippen molar-refractivity contribution in [3.05, 3.63) is 65.1 Å². The molecule has 0 fully saturated rings. The second kappa shape index (κ2) is 5.59. The average molecular weight is 327 g/mol. The minimum Gasteiger partial charge on any atom is -0.332 e. The molecule has 3 heterocycles. The van der Waals surface area contributed by atoms with Gasteiger partial charge in [0.15, 0.2) is 0 Å². The molecule has 5 nitrogen and oxygen atoms in total. The van der Waals surface area contributed by atoms with Gasteiger partial charge in [-0.1, -0.05) is 29.8 Å². The van der Waals surface area contributed by atoms with Crippen LogP contribution in [0, 0.1) is 0 Å². The van der Waals surface area contributed by atoms with Crippen LogP contribution in [-0.4, -0.2) is 22.0 Å². The number of nitrogens with one attached hydrogen (secondary N) is 1. The highest BCUT2D eigenvalue weighted by Gasteiger charge is 2.23. The van der Waals surface area contributed by atoms with E-state index in [0.29, 0.717) is 18.1 Å². The first-order chi connectivity index (χ1) is 11.2. The maximum Gasteiger partial charge on any atom is 0.322 e. The number of carbonyl (C=O) groups is 1. The summed E-state index contributed by atoms with van der Waals surface area (Å²) in [5.41, 5.74) is 3.81. The van der Waals surface area contributed by atoms with Crippen LogP contribution < -0.4 is 10.2 Å². The van der Waals surface area contributed by atoms with Gasteiger partial charge in [0.05, 0.1) is 17.3 Å². The summed E-state index contributed by atoms with van der Waals surface area (Å²) < 4.78 is 1.86. The smallest absolute Gasteiger partial charge is 0.322 e. The number of rotatable bonds is 2. The van der Waals surface area contributed by atoms with Crippen molar-refractivity contribution in [3.8, 4) is 0 Å². The fourth-order valence-corrected chi connectivity index (χ4v) is 3.08. The number of amides is 2. The molecule has 2 aromatic heterocycles. The summed E-state index contributed by atoms with van der Waals surface area (Å²) in [6, 6.07) is 11.6. The van der Waals surface area contributed by atoms with E-state index in [9.17, 15) is 4.79 Å². The van der Waals surface area contributed by atoms with Gasteiger partial charge in [-0.05, 0) is 30.2 Å². The molecule has 0 radical (unpaired) electrons. The van der Waals surface area contributed by atoms with Crippen LogP contribution in [0.15, 0.2) is 48.8 Å². The van der Waals surface area contributed by atoms with Crippen LogP contribution in [0.3, 0.4) is 0 Å². The van der Waals surface area contributed by atoms with Gasteiger partial charge in [0, 0.05) is 24.6 Å². The zero-order valence-electron chi connectivity index (χ0n) is 12.4. The fourth-order valence-electron chi connectivity index (χ4n) is 2.91. The number of hydrogen-bond donors (Lipinski definition) is 1. The van der Waals surface area contributed by atoms with E-state index in [2.05, 4.69) is 16.4 Å². The molecule has 0 saturated heterocycles. The van der Waals surface area contributed by atoms with Crippen molar-refractivity contribution in [2.24, 2.45) is 0 Å². The molecular weight excluding hydrogens is 312 g/mol. The molecule has 1 aliphatic heterocycles. The number of halogens is 1. The second-order valence-electron chi connectivity index (χ2n) is 5.53. The Morgan fingerprint density at radius 1 is 1.22 bits per heavy atom. The van der Waals surface area contributed by atoms with Gasteiger partial charge in [-0.2, -0.15) is 0 Å². The Hall–Kier alpha value is -2.53. The Bertz CT molecular complexity index is 889. The first kappa shape index (κ1) is 14.1. The van der Waals surface area contributed by atoms with Crippen molar-refractivity contribution >= 4 is 29.0 Å². The molecule has 0 unspecified atom stereocenters. The number of nitrogens with zero attached hydrogens (tertiary/aromatic N) is 3. The third kappa shape index (κ3) is 2.64. The van der Waals surface area contributed by atoms with Crippen LogP contribution in [0.25, 0.3) is 5.65 Å². The molecule has 0 spiro atoms. The number of pyridine rings is 1. The van der Waals surface area contributed by atoms with Crippen molar-refractivity contribution in [2.45, 2.75) is 13.0 Å². The molecule has 1 aromatic carbocycles. The quantitative estimate of drug-likeness (QED) is 0.786. The third-order valence-electron chi connectivity index (χ3n) is 4.02. The molecule has 0 aliphatic carbocycles. The number of aromatic nitrogens is 2. The van der Waals surface area contributed by atoms with E-state index >= 15 is 0 Å². The topological polar surface area (TPSA) is 49.6 Å². The van der Waals surface area contributed by atoms with E-state index in [4.69, 9.17) is 11.6 Å². The Morgan fingerprint density at radius 2 is 2.09 bits per heavy atom. The van der Waals surface area contributed by atoms with Crippen molar-refractivity contribution in [3.63, 3.8) is 0 Å². The van der Waals surface area contributed by atoms with E-state index in [0.717, 1.165) is 23.4 Å². The molecule has 6 heteroatoms. The minimum atomic E-state index is -0.0926. The van der Waals surface area contributed by atoms with Gasteiger partial charge in [-0.3, -0.25) is 4.90 Å². The molecule has 4 rings (SSSR count). The number of benzene rings is 1. The SMILES string of the molecule is O=C(NCc1cn2cc(Cl)ccc2n1)N1CCc2ccccc21. The lowest BCUT2D eigenvalue weighted by Gasteiger charge is -2.17. The van der Waals surface area contributed by atoms with Crippen molar-refractivity contribution in [1.82, 2.24) is 14.7 Å². The van der Waals surface area contributed by atoms with E-state index in [1.54, 1.807) is 17.2 Å². The van der Waals surface area contributed by atoms with E-state index in [-0.39, 0.29) is 6.03 Å². The third-order valence-corrected chi connectivity index (χ3v) is 4.24. The highest BCUT2D eigenvalue weighted by atomic mass is 35.5. The van der Waals surface area contributed by atoms with Crippen LogP contribution in [-0.2, 0) is 13.0 Å². The average Bonchev–Trinajstić information content (AvgIpc) is 3.15. The molecule has 23 heavy (non-hydrogen) atoms. The number of imidazole rings is 1. The van der Waals surface area contributed by atoms with Gasteiger partial charge >= 0.3 is 6.03 Å². The molecule has 3 aromatic rings. The van der Waals surface area contributed by atoms with Crippen LogP contribution in [0.4, 0.5) is 10.5 Å². The van der Waals surface area contributed by atoms with Gasteiger partial charge in [0.1, 0.15) is 5.65 Å². The molecule has 0 atom stereocenters. The molecule has 0 saturated carbocycles. The maximum absolute atomic E-state index is 12.4. The highest BCUT2D eigenvalue weighted by molar-refractivity contribution is 6.30. The van der Waals surface area contributed by atoms with Crippen LogP contribution in [0.5, 0.6) is 0 Å². The monoisotopic (exact) mass is 326 g/mol. The summed E-state index contributed by atoms with van der Waals surface area (Å²) in [4.78, 5) is 18.7. The lowest BCUT2D eigenvalue weighted by atomic mass is 10.2. The summed E-state index contributed by atoms with van der Waals surface area (Å²) in [6.07, 6.45) is 4.57. The maximum atomic E-state index is 12.4. The first-order valence-electron chi connectivity index (χ1n) is 7.47. The van der Waals surface area contributed by atoms with Gasteiger partial charge in [0.25, 0.3) is 0 Å². The minimum absolute atomic E-state index is 0.0926. The normalized spacial score (nSPS) is 13.3. The lowest BCUT2D eigenvalue weighted by molar-refractivity contribution is 0.246. The summed E-state index contributed by atoms with van der Waals surface area (Å²) in [5, 5.41) is 3.59. The van der Waals surface area contributed by atoms with Gasteiger partial charge in [0.2, 0.25) is 0 Å². The Kier molecular flexibility index (Phi) is 3.42. The number of carbonyl (C=O) groups excluding carboxylic acids is 1. The highest BCUT2D eigenvalue weighted by Crippen LogP contribution is 2.27. The molecule has 116 valence electrons. The first-order valence-corrected chi connectivity index (χ1v) is 7.85. The largest absolute Gasteiger partial charge is 0.332 e. The molecule has 2 amide bonds. The van der Waals surface area contributed by atoms with Gasteiger partial charge in [-0.25, -0.2) is 9.78 Å². The predicted molar refractivity (Wildman–Crippen MR) is 89.9 cm³/mol. The van der Waals surface area contributed by atoms with Crippen LogP contribution in [0.2, 0.25) is 5.02 Å². The Balaban J connectivity index is 1.47. The summed E-state index contributed by atoms with van der Waals surface area (Å²) in [5.74, 6) is 0. The molecule has 1 aliphatic rings. The molecule has 1 N–H and O–H groups in total.